The molecule has 3 heterocycles. The van der Waals surface area contributed by atoms with Gasteiger partial charge in [0.15, 0.2) is 0 Å². The van der Waals surface area contributed by atoms with Crippen LogP contribution in [0.5, 0.6) is 0 Å². The topological polar surface area (TPSA) is 111 Å². The number of nitrogens with zero attached hydrogens (tertiary/aromatic N) is 2. The van der Waals surface area contributed by atoms with Crippen LogP contribution in [-0.2, 0) is 25.6 Å². The molecule has 0 bridgehead atoms. The van der Waals surface area contributed by atoms with E-state index >= 15 is 0 Å². The summed E-state index contributed by atoms with van der Waals surface area (Å²) >= 11 is 12.3. The number of thiocarbonyl (C=S) groups is 1. The predicted octanol–water partition coefficient (Wildman–Crippen LogP) is 3.85. The molecule has 36 heavy (non-hydrogen) atoms. The summed E-state index contributed by atoms with van der Waals surface area (Å²) in [5, 5.41) is 11.3. The molecule has 11 heteroatoms. The lowest BCUT2D eigenvalue weighted by Crippen LogP contribution is -2.50. The Hall–Kier alpha value is -3.47. The Kier molecular flexibility index (Phi) is 6.42. The first-order chi connectivity index (χ1) is 17.2. The standard InChI is InChI=1S/C25H18ClN3O5S2/c26-15-7-5-13(6-8-15)9-20-23(32)29(25(35)36-20)18-11-21(30)28(22(18)31)19(24(33)34)10-14-12-27-17-4-2-1-3-16(14)17/h1-9,12,18-19,27H,10-11H2,(H,33,34)/b20-9-/t18-,19+/m1/s1. The van der Waals surface area contributed by atoms with Crippen molar-refractivity contribution in [2.24, 2.45) is 0 Å². The first-order valence-corrected chi connectivity index (χ1v) is 12.5. The van der Waals surface area contributed by atoms with E-state index in [2.05, 4.69) is 4.98 Å². The van der Waals surface area contributed by atoms with Crippen LogP contribution in [0.3, 0.4) is 0 Å². The summed E-state index contributed by atoms with van der Waals surface area (Å²) in [4.78, 5) is 56.9. The summed E-state index contributed by atoms with van der Waals surface area (Å²) in [5.74, 6) is -3.23. The highest BCUT2D eigenvalue weighted by atomic mass is 35.5. The monoisotopic (exact) mass is 539 g/mol. The van der Waals surface area contributed by atoms with Crippen LogP contribution in [0.25, 0.3) is 17.0 Å². The number of halogens is 1. The van der Waals surface area contributed by atoms with Crippen molar-refractivity contribution in [1.29, 1.82) is 0 Å². The number of aliphatic carboxylic acids is 1. The second-order valence-corrected chi connectivity index (χ2v) is 10.5. The first kappa shape index (κ1) is 24.2. The van der Waals surface area contributed by atoms with E-state index in [1.54, 1.807) is 36.5 Å². The highest BCUT2D eigenvalue weighted by Gasteiger charge is 2.51. The molecular formula is C25H18ClN3O5S2. The Morgan fingerprint density at radius 1 is 1.19 bits per heavy atom. The fourth-order valence-electron chi connectivity index (χ4n) is 4.42. The number of aromatic amines is 1. The summed E-state index contributed by atoms with van der Waals surface area (Å²) in [6.45, 7) is 0. The second-order valence-electron chi connectivity index (χ2n) is 8.34. The predicted molar refractivity (Wildman–Crippen MR) is 140 cm³/mol. The lowest BCUT2D eigenvalue weighted by molar-refractivity contribution is -0.154. The fraction of sp³-hybridized carbons (Fsp3) is 0.160. The summed E-state index contributed by atoms with van der Waals surface area (Å²) in [7, 11) is 0. The molecule has 1 aromatic heterocycles. The van der Waals surface area contributed by atoms with Gasteiger partial charge in [0.2, 0.25) is 5.91 Å². The first-order valence-electron chi connectivity index (χ1n) is 10.9. The average molecular weight is 540 g/mol. The minimum atomic E-state index is -1.42. The molecule has 2 saturated heterocycles. The van der Waals surface area contributed by atoms with Gasteiger partial charge in [-0.3, -0.25) is 24.2 Å². The third-order valence-electron chi connectivity index (χ3n) is 6.15. The Morgan fingerprint density at radius 2 is 1.92 bits per heavy atom. The van der Waals surface area contributed by atoms with Crippen LogP contribution in [0.15, 0.2) is 59.6 Å². The highest BCUT2D eigenvalue weighted by molar-refractivity contribution is 8.26. The number of imide groups is 1. The van der Waals surface area contributed by atoms with Crippen molar-refractivity contribution < 1.29 is 24.3 Å². The maximum Gasteiger partial charge on any atom is 0.327 e. The number of hydrogen-bond acceptors (Lipinski definition) is 6. The number of carboxylic acids is 1. The van der Waals surface area contributed by atoms with E-state index in [0.29, 0.717) is 15.5 Å². The van der Waals surface area contributed by atoms with E-state index < -0.39 is 35.8 Å². The van der Waals surface area contributed by atoms with Crippen molar-refractivity contribution in [3.63, 3.8) is 0 Å². The largest absolute Gasteiger partial charge is 0.480 e. The van der Waals surface area contributed by atoms with Crippen LogP contribution in [-0.4, -0.2) is 60.0 Å². The van der Waals surface area contributed by atoms with Gasteiger partial charge in [-0.05, 0) is 35.4 Å². The molecule has 2 aliphatic heterocycles. The molecule has 3 aromatic rings. The van der Waals surface area contributed by atoms with Crippen LogP contribution in [0, 0.1) is 0 Å². The summed E-state index contributed by atoms with van der Waals surface area (Å²) in [6, 6.07) is 11.6. The molecule has 2 N–H and O–H groups in total. The van der Waals surface area contributed by atoms with Crippen molar-refractivity contribution >= 4 is 80.6 Å². The van der Waals surface area contributed by atoms with Crippen LogP contribution in [0.2, 0.25) is 5.02 Å². The van der Waals surface area contributed by atoms with Gasteiger partial charge in [-0.25, -0.2) is 4.79 Å². The van der Waals surface area contributed by atoms with Gasteiger partial charge < -0.3 is 10.1 Å². The second kappa shape index (κ2) is 9.53. The summed E-state index contributed by atoms with van der Waals surface area (Å²) in [5.41, 5.74) is 2.21. The normalized spacial score (nSPS) is 20.2. The van der Waals surface area contributed by atoms with Crippen LogP contribution < -0.4 is 0 Å². The van der Waals surface area contributed by atoms with Crippen molar-refractivity contribution in [2.45, 2.75) is 24.9 Å². The zero-order valence-corrected chi connectivity index (χ0v) is 20.9. The van der Waals surface area contributed by atoms with E-state index in [1.807, 2.05) is 24.3 Å². The maximum absolute atomic E-state index is 13.4. The van der Waals surface area contributed by atoms with Crippen molar-refractivity contribution in [3.05, 3.63) is 75.8 Å². The SMILES string of the molecule is O=C(O)[C@H](Cc1c[nH]c2ccccc12)N1C(=O)C[C@@H](N2C(=O)/C(=C/c3ccc(Cl)cc3)SC2=S)C1=O. The Bertz CT molecular complexity index is 1470. The molecule has 0 radical (unpaired) electrons. The molecule has 0 saturated carbocycles. The molecular weight excluding hydrogens is 522 g/mol. The molecule has 0 spiro atoms. The Labute approximate surface area is 219 Å². The van der Waals surface area contributed by atoms with Gasteiger partial charge in [0.05, 0.1) is 11.3 Å². The molecule has 8 nitrogen and oxygen atoms in total. The van der Waals surface area contributed by atoms with Crippen LogP contribution >= 0.6 is 35.6 Å². The van der Waals surface area contributed by atoms with Gasteiger partial charge in [0.1, 0.15) is 16.4 Å². The zero-order chi connectivity index (χ0) is 25.6. The minimum absolute atomic E-state index is 0.0710. The number of carbonyl (C=O) groups is 4. The molecule has 2 aromatic carbocycles. The zero-order valence-electron chi connectivity index (χ0n) is 18.5. The number of benzene rings is 2. The van der Waals surface area contributed by atoms with E-state index in [9.17, 15) is 24.3 Å². The molecule has 2 atom stereocenters. The van der Waals surface area contributed by atoms with Gasteiger partial charge in [-0.15, -0.1) is 0 Å². The molecule has 3 amide bonds. The van der Waals surface area contributed by atoms with E-state index in [0.717, 1.165) is 38.0 Å². The van der Waals surface area contributed by atoms with E-state index in [4.69, 9.17) is 23.8 Å². The summed E-state index contributed by atoms with van der Waals surface area (Å²) in [6.07, 6.45) is 2.90. The quantitative estimate of drug-likeness (QED) is 0.278. The number of H-pyrrole nitrogens is 1. The number of fused-ring (bicyclic) bond motifs is 1. The van der Waals surface area contributed by atoms with E-state index in [1.165, 1.54) is 0 Å². The van der Waals surface area contributed by atoms with Gasteiger partial charge in [0.25, 0.3) is 11.8 Å². The fourth-order valence-corrected chi connectivity index (χ4v) is 5.90. The molecule has 5 rings (SSSR count). The number of aromatic nitrogens is 1. The van der Waals surface area contributed by atoms with Crippen molar-refractivity contribution in [1.82, 2.24) is 14.8 Å². The van der Waals surface area contributed by atoms with Crippen LogP contribution in [0.4, 0.5) is 0 Å². The molecule has 182 valence electrons. The third kappa shape index (κ3) is 4.32. The highest BCUT2D eigenvalue weighted by Crippen LogP contribution is 2.37. The number of amides is 3. The smallest absolute Gasteiger partial charge is 0.327 e. The molecule has 0 unspecified atom stereocenters. The lowest BCUT2D eigenvalue weighted by atomic mass is 10.0. The lowest BCUT2D eigenvalue weighted by Gasteiger charge is -2.25. The number of para-hydroxylation sites is 1. The van der Waals surface area contributed by atoms with Gasteiger partial charge >= 0.3 is 5.97 Å². The van der Waals surface area contributed by atoms with Gasteiger partial charge in [-0.1, -0.05) is 65.9 Å². The molecule has 2 fully saturated rings. The number of carbonyl (C=O) groups excluding carboxylic acids is 3. The average Bonchev–Trinajstić information content (AvgIpc) is 3.47. The number of hydrogen-bond donors (Lipinski definition) is 2. The van der Waals surface area contributed by atoms with Crippen molar-refractivity contribution in [3.8, 4) is 0 Å². The number of likely N-dealkylation sites (tertiary alicyclic amines) is 1. The maximum atomic E-state index is 13.4. The number of carboxylic acid groups (broad SMARTS) is 1. The molecule has 0 aliphatic carbocycles. The summed E-state index contributed by atoms with van der Waals surface area (Å²) < 4.78 is 0.136. The Balaban J connectivity index is 1.40. The molecule has 2 aliphatic rings. The number of thioether (sulfide) groups is 1. The van der Waals surface area contributed by atoms with Gasteiger partial charge in [-0.2, -0.15) is 0 Å². The third-order valence-corrected chi connectivity index (χ3v) is 7.73. The van der Waals surface area contributed by atoms with Gasteiger partial charge in [0, 0.05) is 28.5 Å². The van der Waals surface area contributed by atoms with Crippen LogP contribution in [0.1, 0.15) is 17.5 Å². The minimum Gasteiger partial charge on any atom is -0.480 e. The van der Waals surface area contributed by atoms with Crippen molar-refractivity contribution in [2.75, 3.05) is 0 Å². The Morgan fingerprint density at radius 3 is 2.64 bits per heavy atom. The van der Waals surface area contributed by atoms with E-state index in [-0.39, 0.29) is 17.2 Å². The number of rotatable bonds is 6. The number of nitrogens with one attached hydrogen (secondary N) is 1.